The molecule has 1 aliphatic carbocycles. The zero-order chi connectivity index (χ0) is 13.9. The minimum absolute atomic E-state index is 0.215. The van der Waals surface area contributed by atoms with Gasteiger partial charge in [0.05, 0.1) is 0 Å². The zero-order valence-corrected chi connectivity index (χ0v) is 12.8. The van der Waals surface area contributed by atoms with Crippen LogP contribution in [-0.2, 0) is 12.8 Å². The third-order valence-electron chi connectivity index (χ3n) is 3.98. The summed E-state index contributed by atoms with van der Waals surface area (Å²) in [6.07, 6.45) is 3.74. The fourth-order valence-corrected chi connectivity index (χ4v) is 2.68. The maximum atomic E-state index is 6.01. The number of hydrogen-bond acceptors (Lipinski definition) is 2. The number of benzene rings is 1. The minimum Gasteiger partial charge on any atom is -0.492 e. The summed E-state index contributed by atoms with van der Waals surface area (Å²) in [5, 5.41) is 3.52. The van der Waals surface area contributed by atoms with Crippen molar-refractivity contribution in [2.24, 2.45) is 5.41 Å². The molecule has 0 saturated heterocycles. The highest BCUT2D eigenvalue weighted by atomic mass is 16.5. The summed E-state index contributed by atoms with van der Waals surface area (Å²) in [5.74, 6) is 1.02. The summed E-state index contributed by atoms with van der Waals surface area (Å²) >= 11 is 0. The fourth-order valence-electron chi connectivity index (χ4n) is 2.68. The van der Waals surface area contributed by atoms with E-state index in [1.54, 1.807) is 0 Å². The SMILES string of the molecule is CCNC(COc1ccc2c(c1)CCC2)C(C)(C)C. The zero-order valence-electron chi connectivity index (χ0n) is 12.8. The molecule has 0 radical (unpaired) electrons. The van der Waals surface area contributed by atoms with Crippen LogP contribution in [0.3, 0.4) is 0 Å². The first-order chi connectivity index (χ1) is 9.00. The van der Waals surface area contributed by atoms with Gasteiger partial charge in [-0.3, -0.25) is 0 Å². The number of nitrogens with one attached hydrogen (secondary N) is 1. The van der Waals surface area contributed by atoms with Crippen molar-refractivity contribution in [3.05, 3.63) is 29.3 Å². The van der Waals surface area contributed by atoms with Gasteiger partial charge in [-0.05, 0) is 54.5 Å². The van der Waals surface area contributed by atoms with Crippen LogP contribution in [0.5, 0.6) is 5.75 Å². The molecule has 1 unspecified atom stereocenters. The molecule has 2 heteroatoms. The number of aryl methyl sites for hydroxylation is 2. The first-order valence-electron chi connectivity index (χ1n) is 7.48. The van der Waals surface area contributed by atoms with Crippen molar-refractivity contribution < 1.29 is 4.74 Å². The lowest BCUT2D eigenvalue weighted by Crippen LogP contribution is -2.44. The standard InChI is InChI=1S/C17H27NO/c1-5-18-16(17(2,3)4)12-19-15-10-9-13-7-6-8-14(13)11-15/h9-11,16,18H,5-8,12H2,1-4H3. The third kappa shape index (κ3) is 3.73. The van der Waals surface area contributed by atoms with Crippen LogP contribution in [0.1, 0.15) is 45.2 Å². The van der Waals surface area contributed by atoms with Crippen molar-refractivity contribution in [3.8, 4) is 5.75 Å². The van der Waals surface area contributed by atoms with E-state index in [9.17, 15) is 0 Å². The molecule has 0 amide bonds. The lowest BCUT2D eigenvalue weighted by molar-refractivity contribution is 0.176. The molecule has 0 saturated carbocycles. The number of rotatable bonds is 5. The Morgan fingerprint density at radius 3 is 2.63 bits per heavy atom. The molecule has 2 rings (SSSR count). The molecule has 0 aromatic heterocycles. The highest BCUT2D eigenvalue weighted by Crippen LogP contribution is 2.27. The molecule has 2 nitrogen and oxygen atoms in total. The van der Waals surface area contributed by atoms with Crippen LogP contribution in [-0.4, -0.2) is 19.2 Å². The molecule has 1 aromatic rings. The predicted octanol–water partition coefficient (Wildman–Crippen LogP) is 3.58. The maximum absolute atomic E-state index is 6.01. The smallest absolute Gasteiger partial charge is 0.119 e. The third-order valence-corrected chi connectivity index (χ3v) is 3.98. The molecule has 0 aliphatic heterocycles. The van der Waals surface area contributed by atoms with Crippen LogP contribution in [0.15, 0.2) is 18.2 Å². The van der Waals surface area contributed by atoms with Crippen LogP contribution >= 0.6 is 0 Å². The molecule has 0 fully saturated rings. The van der Waals surface area contributed by atoms with Gasteiger partial charge in [0.1, 0.15) is 12.4 Å². The molecular formula is C17H27NO. The first-order valence-corrected chi connectivity index (χ1v) is 7.48. The lowest BCUT2D eigenvalue weighted by Gasteiger charge is -2.31. The minimum atomic E-state index is 0.215. The average Bonchev–Trinajstić information content (AvgIpc) is 2.80. The molecule has 1 atom stereocenters. The van der Waals surface area contributed by atoms with E-state index in [4.69, 9.17) is 4.74 Å². The normalized spacial score (nSPS) is 16.2. The van der Waals surface area contributed by atoms with E-state index >= 15 is 0 Å². The van der Waals surface area contributed by atoms with Crippen molar-refractivity contribution in [2.45, 2.75) is 53.0 Å². The average molecular weight is 261 g/mol. The van der Waals surface area contributed by atoms with E-state index in [1.165, 1.54) is 30.4 Å². The molecule has 1 aromatic carbocycles. The van der Waals surface area contributed by atoms with Gasteiger partial charge < -0.3 is 10.1 Å². The van der Waals surface area contributed by atoms with E-state index in [1.807, 2.05) is 0 Å². The van der Waals surface area contributed by atoms with Crippen molar-refractivity contribution in [3.63, 3.8) is 0 Å². The summed E-state index contributed by atoms with van der Waals surface area (Å²) < 4.78 is 6.01. The maximum Gasteiger partial charge on any atom is 0.119 e. The molecule has 106 valence electrons. The molecule has 1 N–H and O–H groups in total. The van der Waals surface area contributed by atoms with E-state index in [-0.39, 0.29) is 5.41 Å². The fraction of sp³-hybridized carbons (Fsp3) is 0.647. The van der Waals surface area contributed by atoms with Crippen LogP contribution < -0.4 is 10.1 Å². The predicted molar refractivity (Wildman–Crippen MR) is 80.9 cm³/mol. The summed E-state index contributed by atoms with van der Waals surface area (Å²) in [5.41, 5.74) is 3.20. The Morgan fingerprint density at radius 1 is 1.21 bits per heavy atom. The highest BCUT2D eigenvalue weighted by molar-refractivity contribution is 5.38. The van der Waals surface area contributed by atoms with Gasteiger partial charge in [0.2, 0.25) is 0 Å². The topological polar surface area (TPSA) is 21.3 Å². The van der Waals surface area contributed by atoms with Crippen LogP contribution in [0.2, 0.25) is 0 Å². The van der Waals surface area contributed by atoms with Crippen molar-refractivity contribution in [1.29, 1.82) is 0 Å². The van der Waals surface area contributed by atoms with E-state index in [0.29, 0.717) is 6.04 Å². The van der Waals surface area contributed by atoms with E-state index in [2.05, 4.69) is 51.2 Å². The molecule has 19 heavy (non-hydrogen) atoms. The van der Waals surface area contributed by atoms with E-state index < -0.39 is 0 Å². The lowest BCUT2D eigenvalue weighted by atomic mass is 9.87. The second kappa shape index (κ2) is 5.96. The van der Waals surface area contributed by atoms with Gasteiger partial charge in [0.25, 0.3) is 0 Å². The van der Waals surface area contributed by atoms with Crippen molar-refractivity contribution in [1.82, 2.24) is 5.32 Å². The van der Waals surface area contributed by atoms with Gasteiger partial charge in [0.15, 0.2) is 0 Å². The van der Waals surface area contributed by atoms with Crippen LogP contribution in [0.4, 0.5) is 0 Å². The monoisotopic (exact) mass is 261 g/mol. The number of ether oxygens (including phenoxy) is 1. The van der Waals surface area contributed by atoms with E-state index in [0.717, 1.165) is 18.9 Å². The Kier molecular flexibility index (Phi) is 4.51. The summed E-state index contributed by atoms with van der Waals surface area (Å²) in [6, 6.07) is 6.96. The largest absolute Gasteiger partial charge is 0.492 e. The van der Waals surface area contributed by atoms with Gasteiger partial charge in [-0.1, -0.05) is 33.8 Å². The Balaban J connectivity index is 1.97. The van der Waals surface area contributed by atoms with Crippen LogP contribution in [0, 0.1) is 5.41 Å². The number of hydrogen-bond donors (Lipinski definition) is 1. The van der Waals surface area contributed by atoms with Crippen LogP contribution in [0.25, 0.3) is 0 Å². The second-order valence-electron chi connectivity index (χ2n) is 6.57. The highest BCUT2D eigenvalue weighted by Gasteiger charge is 2.24. The summed E-state index contributed by atoms with van der Waals surface area (Å²) in [6.45, 7) is 10.6. The quantitative estimate of drug-likeness (QED) is 0.874. The van der Waals surface area contributed by atoms with Crippen molar-refractivity contribution in [2.75, 3.05) is 13.2 Å². The number of likely N-dealkylation sites (N-methyl/N-ethyl adjacent to an activating group) is 1. The molecule has 0 spiro atoms. The molecule has 0 bridgehead atoms. The Hall–Kier alpha value is -1.02. The Morgan fingerprint density at radius 2 is 1.95 bits per heavy atom. The van der Waals surface area contributed by atoms with Gasteiger partial charge in [0, 0.05) is 6.04 Å². The van der Waals surface area contributed by atoms with Gasteiger partial charge in [-0.25, -0.2) is 0 Å². The molecule has 0 heterocycles. The van der Waals surface area contributed by atoms with Gasteiger partial charge in [-0.2, -0.15) is 0 Å². The summed E-state index contributed by atoms with van der Waals surface area (Å²) in [7, 11) is 0. The Labute approximate surface area is 117 Å². The first kappa shape index (κ1) is 14.4. The Bertz CT molecular complexity index is 420. The van der Waals surface area contributed by atoms with Crippen molar-refractivity contribution >= 4 is 0 Å². The summed E-state index contributed by atoms with van der Waals surface area (Å²) in [4.78, 5) is 0. The number of fused-ring (bicyclic) bond motifs is 1. The molecule has 1 aliphatic rings. The second-order valence-corrected chi connectivity index (χ2v) is 6.57. The van der Waals surface area contributed by atoms with Gasteiger partial charge in [-0.15, -0.1) is 0 Å². The molecular weight excluding hydrogens is 234 g/mol. The van der Waals surface area contributed by atoms with Gasteiger partial charge >= 0.3 is 0 Å².